The Morgan fingerprint density at radius 2 is 1.78 bits per heavy atom. The fraction of sp³-hybridized carbons (Fsp3) is 0.318. The number of sulfonamides is 2. The highest BCUT2D eigenvalue weighted by Crippen LogP contribution is 2.32. The van der Waals surface area contributed by atoms with Gasteiger partial charge in [-0.3, -0.25) is 4.79 Å². The van der Waals surface area contributed by atoms with Crippen LogP contribution in [0.5, 0.6) is 0 Å². The number of carbonyl (C=O) groups excluding carboxylic acids is 1. The first-order valence-electron chi connectivity index (χ1n) is 10.6. The van der Waals surface area contributed by atoms with Gasteiger partial charge in [-0.15, -0.1) is 0 Å². The van der Waals surface area contributed by atoms with Gasteiger partial charge in [0.1, 0.15) is 5.82 Å². The molecule has 0 spiro atoms. The lowest BCUT2D eigenvalue weighted by atomic mass is 10.1. The van der Waals surface area contributed by atoms with Gasteiger partial charge in [0.15, 0.2) is 0 Å². The lowest BCUT2D eigenvalue weighted by molar-refractivity contribution is -0.140. The SMILES string of the molecule is C=CS(=O)(=O)NCC1CCN(S(=O)(=O)c2ccc(C(=O)NCc3cccc(C(F)(F)F)c3F)cc2)C1. The average Bonchev–Trinajstić information content (AvgIpc) is 3.31. The molecule has 1 atom stereocenters. The molecule has 1 fully saturated rings. The number of rotatable bonds is 9. The van der Waals surface area contributed by atoms with Crippen LogP contribution in [0.4, 0.5) is 17.6 Å². The van der Waals surface area contributed by atoms with Crippen molar-refractivity contribution < 1.29 is 39.2 Å². The van der Waals surface area contributed by atoms with Crippen molar-refractivity contribution in [3.63, 3.8) is 0 Å². The van der Waals surface area contributed by atoms with E-state index in [-0.39, 0.29) is 41.6 Å². The van der Waals surface area contributed by atoms with Crippen LogP contribution in [-0.4, -0.2) is 46.7 Å². The van der Waals surface area contributed by atoms with Gasteiger partial charge in [0.2, 0.25) is 20.0 Å². The van der Waals surface area contributed by atoms with Crippen LogP contribution in [0.15, 0.2) is 59.3 Å². The maximum atomic E-state index is 14.1. The molecular weight excluding hydrogens is 526 g/mol. The summed E-state index contributed by atoms with van der Waals surface area (Å²) in [5.74, 6) is -2.43. The Hall–Kier alpha value is -2.81. The van der Waals surface area contributed by atoms with Gasteiger partial charge in [0.25, 0.3) is 5.91 Å². The van der Waals surface area contributed by atoms with Crippen LogP contribution < -0.4 is 10.0 Å². The first-order chi connectivity index (χ1) is 16.7. The predicted molar refractivity (Wildman–Crippen MR) is 123 cm³/mol. The maximum absolute atomic E-state index is 14.1. The first kappa shape index (κ1) is 27.8. The van der Waals surface area contributed by atoms with E-state index in [0.29, 0.717) is 12.5 Å². The van der Waals surface area contributed by atoms with Gasteiger partial charge in [-0.05, 0) is 42.7 Å². The van der Waals surface area contributed by atoms with Crippen molar-refractivity contribution in [2.75, 3.05) is 19.6 Å². The standard InChI is InChI=1S/C22H23F4N3O5S2/c1-2-35(31,32)28-12-15-10-11-29(14-15)36(33,34)18-8-6-16(7-9-18)21(30)27-13-17-4-3-5-19(20(17)23)22(24,25)26/h2-9,15,28H,1,10-14H2,(H,27,30). The number of halogens is 4. The zero-order chi connectivity index (χ0) is 26.7. The van der Waals surface area contributed by atoms with Crippen molar-refractivity contribution in [2.45, 2.75) is 24.0 Å². The van der Waals surface area contributed by atoms with Crippen LogP contribution in [-0.2, 0) is 32.8 Å². The molecule has 1 unspecified atom stereocenters. The highest BCUT2D eigenvalue weighted by Gasteiger charge is 2.35. The number of benzene rings is 2. The Balaban J connectivity index is 1.62. The summed E-state index contributed by atoms with van der Waals surface area (Å²) in [6.07, 6.45) is -4.42. The van der Waals surface area contributed by atoms with Gasteiger partial charge in [0, 0.05) is 42.7 Å². The second-order valence-electron chi connectivity index (χ2n) is 8.06. The maximum Gasteiger partial charge on any atom is 0.419 e. The normalized spacial score (nSPS) is 17.2. The molecule has 1 aliphatic rings. The molecule has 3 rings (SSSR count). The number of nitrogens with zero attached hydrogens (tertiary/aromatic N) is 1. The Bertz CT molecular complexity index is 1340. The van der Waals surface area contributed by atoms with Gasteiger partial charge >= 0.3 is 6.18 Å². The highest BCUT2D eigenvalue weighted by atomic mass is 32.2. The number of nitrogens with one attached hydrogen (secondary N) is 2. The van der Waals surface area contributed by atoms with Crippen LogP contribution in [0, 0.1) is 11.7 Å². The summed E-state index contributed by atoms with van der Waals surface area (Å²) >= 11 is 0. The minimum absolute atomic E-state index is 0.0273. The summed E-state index contributed by atoms with van der Waals surface area (Å²) in [7, 11) is -7.53. The topological polar surface area (TPSA) is 113 Å². The van der Waals surface area contributed by atoms with E-state index in [9.17, 15) is 39.2 Å². The fourth-order valence-electron chi connectivity index (χ4n) is 3.62. The van der Waals surface area contributed by atoms with Crippen LogP contribution in [0.3, 0.4) is 0 Å². The Labute approximate surface area is 206 Å². The van der Waals surface area contributed by atoms with E-state index in [1.807, 2.05) is 0 Å². The van der Waals surface area contributed by atoms with Crippen LogP contribution in [0.1, 0.15) is 27.9 Å². The number of carbonyl (C=O) groups is 1. The molecule has 0 saturated carbocycles. The molecule has 2 aromatic carbocycles. The smallest absolute Gasteiger partial charge is 0.348 e. The molecule has 14 heteroatoms. The quantitative estimate of drug-likeness (QED) is 0.468. The minimum Gasteiger partial charge on any atom is -0.348 e. The second-order valence-corrected chi connectivity index (χ2v) is 11.7. The highest BCUT2D eigenvalue weighted by molar-refractivity contribution is 7.92. The Kier molecular flexibility index (Phi) is 8.23. The van der Waals surface area contributed by atoms with Gasteiger partial charge in [0.05, 0.1) is 10.5 Å². The largest absolute Gasteiger partial charge is 0.419 e. The minimum atomic E-state index is -4.87. The fourth-order valence-corrected chi connectivity index (χ4v) is 5.73. The summed E-state index contributed by atoms with van der Waals surface area (Å²) < 4.78 is 105. The van der Waals surface area contributed by atoms with Crippen molar-refractivity contribution in [3.8, 4) is 0 Å². The van der Waals surface area contributed by atoms with Gasteiger partial charge in [-0.2, -0.15) is 17.5 Å². The molecule has 2 N–H and O–H groups in total. The molecule has 36 heavy (non-hydrogen) atoms. The summed E-state index contributed by atoms with van der Waals surface area (Å²) in [4.78, 5) is 12.3. The third-order valence-corrected chi connectivity index (χ3v) is 8.51. The molecule has 1 aliphatic heterocycles. The predicted octanol–water partition coefficient (Wildman–Crippen LogP) is 2.85. The molecule has 1 heterocycles. The summed E-state index contributed by atoms with van der Waals surface area (Å²) in [6.45, 7) is 3.04. The zero-order valence-corrected chi connectivity index (χ0v) is 20.4. The monoisotopic (exact) mass is 549 g/mol. The van der Waals surface area contributed by atoms with E-state index in [1.54, 1.807) is 0 Å². The second kappa shape index (κ2) is 10.7. The lowest BCUT2D eigenvalue weighted by Gasteiger charge is -2.17. The van der Waals surface area contributed by atoms with E-state index in [4.69, 9.17) is 0 Å². The number of alkyl halides is 3. The summed E-state index contributed by atoms with van der Waals surface area (Å²) in [5, 5.41) is 3.08. The van der Waals surface area contributed by atoms with Crippen LogP contribution in [0.2, 0.25) is 0 Å². The third-order valence-electron chi connectivity index (χ3n) is 5.62. The number of hydrogen-bond donors (Lipinski definition) is 2. The van der Waals surface area contributed by atoms with E-state index >= 15 is 0 Å². The molecule has 0 bridgehead atoms. The van der Waals surface area contributed by atoms with Crippen molar-refractivity contribution in [3.05, 3.63) is 77.0 Å². The van der Waals surface area contributed by atoms with Crippen molar-refractivity contribution in [1.82, 2.24) is 14.3 Å². The summed E-state index contributed by atoms with van der Waals surface area (Å²) in [6, 6.07) is 7.64. The van der Waals surface area contributed by atoms with Crippen molar-refractivity contribution >= 4 is 26.0 Å². The molecular formula is C22H23F4N3O5S2. The number of hydrogen-bond acceptors (Lipinski definition) is 5. The lowest BCUT2D eigenvalue weighted by Crippen LogP contribution is -2.32. The van der Waals surface area contributed by atoms with Gasteiger partial charge in [-0.1, -0.05) is 18.7 Å². The van der Waals surface area contributed by atoms with E-state index in [2.05, 4.69) is 16.6 Å². The van der Waals surface area contributed by atoms with Crippen molar-refractivity contribution in [1.29, 1.82) is 0 Å². The molecule has 1 amide bonds. The van der Waals surface area contributed by atoms with E-state index in [0.717, 1.165) is 17.5 Å². The molecule has 2 aromatic rings. The Morgan fingerprint density at radius 1 is 1.11 bits per heavy atom. The zero-order valence-electron chi connectivity index (χ0n) is 18.8. The Morgan fingerprint density at radius 3 is 2.39 bits per heavy atom. The first-order valence-corrected chi connectivity index (χ1v) is 13.6. The molecule has 1 saturated heterocycles. The van der Waals surface area contributed by atoms with Crippen LogP contribution in [0.25, 0.3) is 0 Å². The molecule has 196 valence electrons. The van der Waals surface area contributed by atoms with Crippen LogP contribution >= 0.6 is 0 Å². The number of amides is 1. The third kappa shape index (κ3) is 6.49. The van der Waals surface area contributed by atoms with Crippen molar-refractivity contribution in [2.24, 2.45) is 5.92 Å². The van der Waals surface area contributed by atoms with E-state index < -0.39 is 50.1 Å². The van der Waals surface area contributed by atoms with E-state index in [1.165, 1.54) is 28.6 Å². The molecule has 8 nitrogen and oxygen atoms in total. The summed E-state index contributed by atoms with van der Waals surface area (Å²) in [5.41, 5.74) is -1.76. The molecule has 0 aliphatic carbocycles. The average molecular weight is 550 g/mol. The van der Waals surface area contributed by atoms with Gasteiger partial charge < -0.3 is 5.32 Å². The molecule has 0 radical (unpaired) electrons. The molecule has 0 aromatic heterocycles. The van der Waals surface area contributed by atoms with Gasteiger partial charge in [-0.25, -0.2) is 25.9 Å².